The number of anilines is 2. The SMILES string of the molecule is CCCCCCCCCCCCNCCCC(=O)Nc1ccc(S(=O)(=O)c2ccc(NC(=O)CCCNCCCCCCCCCCCC)cc2)cc1. The molecule has 0 radical (unpaired) electrons. The van der Waals surface area contributed by atoms with E-state index in [1.54, 1.807) is 24.3 Å². The smallest absolute Gasteiger partial charge is 0.224 e. The molecule has 0 fully saturated rings. The summed E-state index contributed by atoms with van der Waals surface area (Å²) in [5, 5.41) is 12.6. The van der Waals surface area contributed by atoms with Crippen LogP contribution in [0, 0.1) is 0 Å². The number of hydrogen-bond acceptors (Lipinski definition) is 6. The van der Waals surface area contributed by atoms with E-state index in [1.807, 2.05) is 0 Å². The van der Waals surface area contributed by atoms with Gasteiger partial charge in [-0.2, -0.15) is 0 Å². The molecule has 0 aromatic heterocycles. The van der Waals surface area contributed by atoms with E-state index in [1.165, 1.54) is 153 Å². The third kappa shape index (κ3) is 22.9. The fourth-order valence-electron chi connectivity index (χ4n) is 6.49. The zero-order chi connectivity index (χ0) is 38.2. The molecule has 0 saturated carbocycles. The largest absolute Gasteiger partial charge is 0.326 e. The van der Waals surface area contributed by atoms with Gasteiger partial charge >= 0.3 is 0 Å². The predicted octanol–water partition coefficient (Wildman–Crippen LogP) is 11.0. The van der Waals surface area contributed by atoms with Crippen LogP contribution in [0.2, 0.25) is 0 Å². The van der Waals surface area contributed by atoms with Gasteiger partial charge in [0.05, 0.1) is 9.79 Å². The van der Waals surface area contributed by atoms with Crippen molar-refractivity contribution in [2.24, 2.45) is 0 Å². The predicted molar refractivity (Wildman–Crippen MR) is 223 cm³/mol. The molecule has 0 atom stereocenters. The Balaban J connectivity index is 1.55. The molecular formula is C44H74N4O4S. The van der Waals surface area contributed by atoms with E-state index in [9.17, 15) is 18.0 Å². The zero-order valence-corrected chi connectivity index (χ0v) is 34.3. The minimum absolute atomic E-state index is 0.0837. The summed E-state index contributed by atoms with van der Waals surface area (Å²) in [7, 11) is -3.75. The van der Waals surface area contributed by atoms with Gasteiger partial charge in [0.1, 0.15) is 0 Å². The first kappa shape index (κ1) is 46.4. The average molecular weight is 755 g/mol. The van der Waals surface area contributed by atoms with E-state index in [4.69, 9.17) is 0 Å². The number of carbonyl (C=O) groups is 2. The Morgan fingerprint density at radius 2 is 0.698 bits per heavy atom. The number of hydrogen-bond donors (Lipinski definition) is 4. The maximum Gasteiger partial charge on any atom is 0.224 e. The maximum atomic E-state index is 13.2. The topological polar surface area (TPSA) is 116 Å². The van der Waals surface area contributed by atoms with Crippen LogP contribution in [-0.2, 0) is 19.4 Å². The van der Waals surface area contributed by atoms with Crippen molar-refractivity contribution in [3.63, 3.8) is 0 Å². The second-order valence-corrected chi connectivity index (χ2v) is 16.7. The fraction of sp³-hybridized carbons (Fsp3) is 0.682. The van der Waals surface area contributed by atoms with Gasteiger partial charge in [0, 0.05) is 24.2 Å². The van der Waals surface area contributed by atoms with Crippen LogP contribution in [0.25, 0.3) is 0 Å². The summed E-state index contributed by atoms with van der Waals surface area (Å²) in [6.45, 7) is 8.11. The highest BCUT2D eigenvalue weighted by atomic mass is 32.2. The van der Waals surface area contributed by atoms with Gasteiger partial charge in [-0.25, -0.2) is 8.42 Å². The van der Waals surface area contributed by atoms with Gasteiger partial charge in [0.15, 0.2) is 0 Å². The summed E-state index contributed by atoms with van der Waals surface area (Å²) in [5.74, 6) is -0.167. The molecule has 53 heavy (non-hydrogen) atoms. The van der Waals surface area contributed by atoms with Gasteiger partial charge in [0.25, 0.3) is 0 Å². The van der Waals surface area contributed by atoms with Gasteiger partial charge in [-0.1, -0.05) is 129 Å². The van der Waals surface area contributed by atoms with Crippen molar-refractivity contribution < 1.29 is 18.0 Å². The van der Waals surface area contributed by atoms with Crippen LogP contribution in [0.1, 0.15) is 168 Å². The molecule has 9 heteroatoms. The minimum Gasteiger partial charge on any atom is -0.326 e. The first-order valence-electron chi connectivity index (χ1n) is 21.3. The Labute approximate surface area is 323 Å². The molecule has 2 rings (SSSR count). The summed E-state index contributed by atoms with van der Waals surface area (Å²) >= 11 is 0. The summed E-state index contributed by atoms with van der Waals surface area (Å²) in [4.78, 5) is 25.2. The van der Waals surface area contributed by atoms with Gasteiger partial charge in [-0.05, 0) is 100 Å². The molecule has 300 valence electrons. The Hall–Kier alpha value is -2.75. The molecule has 0 saturated heterocycles. The van der Waals surface area contributed by atoms with Crippen molar-refractivity contribution in [1.29, 1.82) is 0 Å². The van der Waals surface area contributed by atoms with Gasteiger partial charge in [-0.3, -0.25) is 9.59 Å². The van der Waals surface area contributed by atoms with Crippen LogP contribution in [0.3, 0.4) is 0 Å². The lowest BCUT2D eigenvalue weighted by molar-refractivity contribution is -0.117. The molecular weight excluding hydrogens is 681 g/mol. The Morgan fingerprint density at radius 1 is 0.415 bits per heavy atom. The van der Waals surface area contributed by atoms with Crippen LogP contribution in [0.4, 0.5) is 11.4 Å². The number of nitrogens with one attached hydrogen (secondary N) is 4. The van der Waals surface area contributed by atoms with Crippen LogP contribution >= 0.6 is 0 Å². The number of amides is 2. The maximum absolute atomic E-state index is 13.2. The van der Waals surface area contributed by atoms with Gasteiger partial charge in [-0.15, -0.1) is 0 Å². The molecule has 2 aromatic carbocycles. The molecule has 0 aliphatic heterocycles. The Kier molecular flexibility index (Phi) is 26.8. The molecule has 0 aliphatic rings. The second kappa shape index (κ2) is 30.6. The lowest BCUT2D eigenvalue weighted by atomic mass is 10.1. The summed E-state index contributed by atoms with van der Waals surface area (Å²) in [5.41, 5.74) is 1.14. The number of sulfone groups is 1. The van der Waals surface area contributed by atoms with Crippen LogP contribution < -0.4 is 21.3 Å². The molecule has 0 heterocycles. The van der Waals surface area contributed by atoms with E-state index in [2.05, 4.69) is 35.1 Å². The van der Waals surface area contributed by atoms with Crippen molar-refractivity contribution in [2.75, 3.05) is 36.8 Å². The summed E-state index contributed by atoms with van der Waals surface area (Å²) in [6, 6.07) is 12.5. The molecule has 4 N–H and O–H groups in total. The molecule has 2 amide bonds. The van der Waals surface area contributed by atoms with Crippen molar-refractivity contribution in [2.45, 2.75) is 178 Å². The standard InChI is InChI=1S/C44H74N4O4S/c1-3-5-7-9-11-13-15-17-19-21-35-45-37-23-25-43(49)47-39-27-31-41(32-28-39)53(51,52)42-33-29-40(30-34-42)48-44(50)26-24-38-46-36-22-20-18-16-14-12-10-8-6-4-2/h27-34,45-46H,3-26,35-38H2,1-2H3,(H,47,49)(H,48,50). The third-order valence-electron chi connectivity index (χ3n) is 9.83. The van der Waals surface area contributed by atoms with E-state index in [0.717, 1.165) is 39.0 Å². The number of rotatable bonds is 34. The van der Waals surface area contributed by atoms with Crippen molar-refractivity contribution in [3.05, 3.63) is 48.5 Å². The van der Waals surface area contributed by atoms with Crippen LogP contribution in [0.15, 0.2) is 58.3 Å². The monoisotopic (exact) mass is 755 g/mol. The molecule has 0 spiro atoms. The molecule has 2 aromatic rings. The first-order chi connectivity index (χ1) is 25.9. The second-order valence-electron chi connectivity index (χ2n) is 14.7. The van der Waals surface area contributed by atoms with Crippen molar-refractivity contribution in [1.82, 2.24) is 10.6 Å². The Bertz CT molecular complexity index is 1220. The Morgan fingerprint density at radius 3 is 1.02 bits per heavy atom. The lowest BCUT2D eigenvalue weighted by Crippen LogP contribution is -2.19. The minimum atomic E-state index is -3.75. The first-order valence-corrected chi connectivity index (χ1v) is 22.8. The number of benzene rings is 2. The lowest BCUT2D eigenvalue weighted by Gasteiger charge is -2.10. The normalized spacial score (nSPS) is 11.5. The number of unbranched alkanes of at least 4 members (excludes halogenated alkanes) is 18. The molecule has 0 unspecified atom stereocenters. The number of carbonyl (C=O) groups excluding carboxylic acids is 2. The molecule has 0 aliphatic carbocycles. The highest BCUT2D eigenvalue weighted by molar-refractivity contribution is 7.91. The highest BCUT2D eigenvalue weighted by Crippen LogP contribution is 2.24. The molecule has 8 nitrogen and oxygen atoms in total. The zero-order valence-electron chi connectivity index (χ0n) is 33.5. The van der Waals surface area contributed by atoms with Crippen LogP contribution in [0.5, 0.6) is 0 Å². The molecule has 0 bridgehead atoms. The van der Waals surface area contributed by atoms with E-state index in [-0.39, 0.29) is 21.6 Å². The van der Waals surface area contributed by atoms with E-state index in [0.29, 0.717) is 24.2 Å². The van der Waals surface area contributed by atoms with Crippen molar-refractivity contribution in [3.8, 4) is 0 Å². The van der Waals surface area contributed by atoms with Crippen LogP contribution in [-0.4, -0.2) is 46.4 Å². The van der Waals surface area contributed by atoms with Gasteiger partial charge < -0.3 is 21.3 Å². The van der Waals surface area contributed by atoms with E-state index >= 15 is 0 Å². The quantitative estimate of drug-likeness (QED) is 0.0529. The average Bonchev–Trinajstić information content (AvgIpc) is 3.15. The summed E-state index contributed by atoms with van der Waals surface area (Å²) in [6.07, 6.45) is 28.8. The summed E-state index contributed by atoms with van der Waals surface area (Å²) < 4.78 is 26.5. The third-order valence-corrected chi connectivity index (χ3v) is 11.6. The fourth-order valence-corrected chi connectivity index (χ4v) is 7.75. The highest BCUT2D eigenvalue weighted by Gasteiger charge is 2.18. The van der Waals surface area contributed by atoms with Gasteiger partial charge in [0.2, 0.25) is 21.7 Å². The van der Waals surface area contributed by atoms with Crippen molar-refractivity contribution >= 4 is 33.0 Å². The van der Waals surface area contributed by atoms with E-state index < -0.39 is 9.84 Å².